The lowest BCUT2D eigenvalue weighted by molar-refractivity contribution is -0.180. The second-order valence-electron chi connectivity index (χ2n) is 10.7. The van der Waals surface area contributed by atoms with Gasteiger partial charge in [-0.05, 0) is 62.9 Å². The molecule has 0 spiro atoms. The lowest BCUT2D eigenvalue weighted by Gasteiger charge is -2.28. The van der Waals surface area contributed by atoms with E-state index < -0.39 is 27.7 Å². The summed E-state index contributed by atoms with van der Waals surface area (Å²) in [5.41, 5.74) is 0.536. The fourth-order valence-electron chi connectivity index (χ4n) is 4.63. The average molecular weight is 590 g/mol. The molecule has 1 aliphatic heterocycles. The van der Waals surface area contributed by atoms with Gasteiger partial charge >= 0.3 is 6.18 Å². The maximum atomic E-state index is 13.4. The molecule has 0 amide bonds. The van der Waals surface area contributed by atoms with Gasteiger partial charge in [-0.15, -0.1) is 0 Å². The molecule has 1 aliphatic rings. The van der Waals surface area contributed by atoms with E-state index in [0.29, 0.717) is 30.6 Å². The van der Waals surface area contributed by atoms with E-state index in [2.05, 4.69) is 15.2 Å². The molecule has 2 aromatic carbocycles. The monoisotopic (exact) mass is 589 g/mol. The van der Waals surface area contributed by atoms with Crippen molar-refractivity contribution in [2.45, 2.75) is 62.7 Å². The molecule has 1 N–H and O–H groups in total. The van der Waals surface area contributed by atoms with Crippen LogP contribution in [0.15, 0.2) is 64.0 Å². The number of nitrogens with zero attached hydrogens (tertiary/aromatic N) is 5. The van der Waals surface area contributed by atoms with Crippen LogP contribution >= 0.6 is 0 Å². The number of hydrogen-bond acceptors (Lipinski definition) is 7. The highest BCUT2D eigenvalue weighted by molar-refractivity contribution is 7.89. The first-order valence-electron chi connectivity index (χ1n) is 13.1. The number of hydrogen-bond donors (Lipinski definition) is 1. The fraction of sp³-hybridized carbons (Fsp3) is 0.393. The van der Waals surface area contributed by atoms with Crippen LogP contribution in [-0.4, -0.2) is 63.1 Å². The Kier molecular flexibility index (Phi) is 7.55. The van der Waals surface area contributed by atoms with Crippen molar-refractivity contribution in [3.63, 3.8) is 0 Å². The number of aromatic nitrogens is 4. The van der Waals surface area contributed by atoms with Gasteiger partial charge < -0.3 is 9.63 Å². The van der Waals surface area contributed by atoms with Crippen LogP contribution in [0.3, 0.4) is 0 Å². The molecule has 0 atom stereocenters. The van der Waals surface area contributed by atoms with Crippen LogP contribution in [-0.2, 0) is 22.0 Å². The number of aryl methyl sites for hydroxylation is 1. The minimum atomic E-state index is -4.39. The average Bonchev–Trinajstić information content (AvgIpc) is 3.56. The van der Waals surface area contributed by atoms with Gasteiger partial charge in [0.2, 0.25) is 15.8 Å². The lowest BCUT2D eigenvalue weighted by atomic mass is 9.83. The molecule has 5 rings (SSSR count). The Balaban J connectivity index is 1.32. The summed E-state index contributed by atoms with van der Waals surface area (Å²) in [6.45, 7) is 4.94. The minimum Gasteiger partial charge on any atom is -0.393 e. The molecule has 41 heavy (non-hydrogen) atoms. The smallest absolute Gasteiger partial charge is 0.393 e. The molecular weight excluding hydrogens is 559 g/mol. The van der Waals surface area contributed by atoms with Crippen LogP contribution in [0.25, 0.3) is 23.0 Å². The van der Waals surface area contributed by atoms with Crippen LogP contribution in [0.1, 0.15) is 43.5 Å². The normalized spacial score (nSPS) is 15.9. The summed E-state index contributed by atoms with van der Waals surface area (Å²) in [6.07, 6.45) is -4.05. The Morgan fingerprint density at radius 3 is 2.39 bits per heavy atom. The number of aliphatic hydroxyl groups is 1. The van der Waals surface area contributed by atoms with Gasteiger partial charge in [0, 0.05) is 24.3 Å². The number of alkyl halides is 3. The molecule has 0 radical (unpaired) electrons. The number of sulfonamides is 1. The van der Waals surface area contributed by atoms with E-state index in [1.165, 1.54) is 28.6 Å². The maximum absolute atomic E-state index is 13.4. The summed E-state index contributed by atoms with van der Waals surface area (Å²) in [7, 11) is -3.69. The van der Waals surface area contributed by atoms with Crippen molar-refractivity contribution in [2.75, 3.05) is 13.1 Å². The first kappa shape index (κ1) is 29.0. The molecule has 1 fully saturated rings. The number of aliphatic hydroxyl groups excluding tert-OH is 1. The Labute approximate surface area is 235 Å². The van der Waals surface area contributed by atoms with E-state index >= 15 is 0 Å². The molecule has 218 valence electrons. The molecular formula is C28H30F3N5O4S. The van der Waals surface area contributed by atoms with Crippen molar-refractivity contribution in [3.05, 3.63) is 71.4 Å². The van der Waals surface area contributed by atoms with Crippen LogP contribution in [0, 0.1) is 6.92 Å². The van der Waals surface area contributed by atoms with E-state index in [9.17, 15) is 26.7 Å². The number of piperidine rings is 1. The predicted octanol–water partition coefficient (Wildman–Crippen LogP) is 4.94. The first-order chi connectivity index (χ1) is 19.3. The highest BCUT2D eigenvalue weighted by Crippen LogP contribution is 2.40. The number of halogens is 3. The van der Waals surface area contributed by atoms with E-state index in [1.54, 1.807) is 28.9 Å². The summed E-state index contributed by atoms with van der Waals surface area (Å²) in [4.78, 5) is 4.56. The third kappa shape index (κ3) is 5.79. The second kappa shape index (κ2) is 10.7. The third-order valence-electron chi connectivity index (χ3n) is 7.49. The zero-order valence-corrected chi connectivity index (χ0v) is 23.6. The maximum Gasteiger partial charge on any atom is 0.397 e. The fourth-order valence-corrected chi connectivity index (χ4v) is 6.17. The van der Waals surface area contributed by atoms with Gasteiger partial charge in [-0.2, -0.15) is 27.6 Å². The number of benzene rings is 2. The Hall–Kier alpha value is -3.55. The largest absolute Gasteiger partial charge is 0.397 e. The van der Waals surface area contributed by atoms with Crippen molar-refractivity contribution in [1.29, 1.82) is 0 Å². The molecule has 0 bridgehead atoms. The molecule has 0 unspecified atom stereocenters. The van der Waals surface area contributed by atoms with Crippen LogP contribution in [0.2, 0.25) is 0 Å². The molecule has 4 aromatic rings. The number of rotatable bonds is 7. The van der Waals surface area contributed by atoms with Crippen molar-refractivity contribution in [2.24, 2.45) is 0 Å². The highest BCUT2D eigenvalue weighted by atomic mass is 32.2. The topological polar surface area (TPSA) is 114 Å². The first-order valence-corrected chi connectivity index (χ1v) is 14.5. The standard InChI is InChI=1S/C28H30F3N5O4S/c1-18-15-24(26-32-25(34-40-26)20-7-9-21(10-8-20)27(2,3)28(29,30)31)33-36(18)17-19-5-4-6-23(16-19)41(38,39)35-13-11-22(37)12-14-35/h4-10,15-16,22,37H,11-14,17H2,1-3H3. The SMILES string of the molecule is Cc1cc(-c2nc(-c3ccc(C(C)(C)C(F)(F)F)cc3)no2)nn1Cc1cccc(S(=O)(=O)N2CCC(O)CC2)c1. The van der Waals surface area contributed by atoms with E-state index in [1.807, 2.05) is 13.0 Å². The second-order valence-corrected chi connectivity index (χ2v) is 12.7. The Morgan fingerprint density at radius 2 is 1.73 bits per heavy atom. The molecule has 3 heterocycles. The zero-order valence-electron chi connectivity index (χ0n) is 22.8. The van der Waals surface area contributed by atoms with Crippen LogP contribution in [0.5, 0.6) is 0 Å². The molecule has 2 aromatic heterocycles. The van der Waals surface area contributed by atoms with E-state index in [0.717, 1.165) is 25.1 Å². The van der Waals surface area contributed by atoms with Gasteiger partial charge in [0.1, 0.15) is 0 Å². The van der Waals surface area contributed by atoms with Gasteiger partial charge in [0.25, 0.3) is 5.89 Å². The van der Waals surface area contributed by atoms with Gasteiger partial charge in [-0.25, -0.2) is 8.42 Å². The Bertz CT molecular complexity index is 1640. The van der Waals surface area contributed by atoms with Gasteiger partial charge in [-0.1, -0.05) is 41.6 Å². The summed E-state index contributed by atoms with van der Waals surface area (Å²) in [6, 6.07) is 14.3. The van der Waals surface area contributed by atoms with Crippen molar-refractivity contribution < 1.29 is 31.2 Å². The van der Waals surface area contributed by atoms with Gasteiger partial charge in [0.15, 0.2) is 5.69 Å². The van der Waals surface area contributed by atoms with Crippen LogP contribution in [0.4, 0.5) is 13.2 Å². The van der Waals surface area contributed by atoms with Crippen molar-refractivity contribution in [1.82, 2.24) is 24.2 Å². The molecule has 9 nitrogen and oxygen atoms in total. The lowest BCUT2D eigenvalue weighted by Crippen LogP contribution is -2.40. The summed E-state index contributed by atoms with van der Waals surface area (Å²) in [5, 5.41) is 18.2. The highest BCUT2D eigenvalue weighted by Gasteiger charge is 2.48. The zero-order chi connectivity index (χ0) is 29.6. The van der Waals surface area contributed by atoms with Gasteiger partial charge in [0.05, 0.1) is 23.0 Å². The molecule has 0 saturated carbocycles. The quantitative estimate of drug-likeness (QED) is 0.325. The summed E-state index contributed by atoms with van der Waals surface area (Å²) < 4.78 is 74.9. The summed E-state index contributed by atoms with van der Waals surface area (Å²) in [5.74, 6) is 0.358. The molecule has 0 aliphatic carbocycles. The van der Waals surface area contributed by atoms with Gasteiger partial charge in [-0.3, -0.25) is 4.68 Å². The predicted molar refractivity (Wildman–Crippen MR) is 144 cm³/mol. The minimum absolute atomic E-state index is 0.124. The van der Waals surface area contributed by atoms with Crippen LogP contribution < -0.4 is 0 Å². The van der Waals surface area contributed by atoms with E-state index in [-0.39, 0.29) is 35.3 Å². The van der Waals surface area contributed by atoms with Crippen molar-refractivity contribution in [3.8, 4) is 23.0 Å². The van der Waals surface area contributed by atoms with E-state index in [4.69, 9.17) is 4.52 Å². The summed E-state index contributed by atoms with van der Waals surface area (Å²) >= 11 is 0. The Morgan fingerprint density at radius 1 is 1.05 bits per heavy atom. The molecule has 1 saturated heterocycles. The molecule has 13 heteroatoms. The van der Waals surface area contributed by atoms with Crippen molar-refractivity contribution >= 4 is 10.0 Å². The third-order valence-corrected chi connectivity index (χ3v) is 9.39.